The molecule has 5 heterocycles. The van der Waals surface area contributed by atoms with Crippen LogP contribution in [0.4, 0.5) is 0 Å². The van der Waals surface area contributed by atoms with Crippen LogP contribution in [0.15, 0.2) is 11.6 Å². The molecule has 5 aliphatic heterocycles. The lowest BCUT2D eigenvalue weighted by atomic mass is 9.47. The second-order valence-electron chi connectivity index (χ2n) is 26.6. The van der Waals surface area contributed by atoms with E-state index >= 15 is 0 Å². The number of ether oxygens (including phenoxy) is 10. The van der Waals surface area contributed by atoms with Gasteiger partial charge in [-0.25, -0.2) is 0 Å². The van der Waals surface area contributed by atoms with E-state index in [0.717, 1.165) is 32.1 Å². The van der Waals surface area contributed by atoms with Crippen molar-refractivity contribution in [3.05, 3.63) is 11.6 Å². The second kappa shape index (κ2) is 25.0. The molecule has 0 spiro atoms. The van der Waals surface area contributed by atoms with Crippen LogP contribution in [0.25, 0.3) is 0 Å². The fourth-order valence-electron chi connectivity index (χ4n) is 15.7. The van der Waals surface area contributed by atoms with E-state index in [1.165, 1.54) is 33.3 Å². The lowest BCUT2D eigenvalue weighted by Crippen LogP contribution is -2.66. The summed E-state index contributed by atoms with van der Waals surface area (Å²) in [7, 11) is -4.47. The fourth-order valence-corrected chi connectivity index (χ4v) is 16.6. The zero-order valence-corrected chi connectivity index (χ0v) is 49.2. The van der Waals surface area contributed by atoms with Crippen LogP contribution >= 0.6 is 0 Å². The van der Waals surface area contributed by atoms with Crippen LogP contribution in [0.2, 0.25) is 0 Å². The first kappa shape index (κ1) is 65.2. The summed E-state index contributed by atoms with van der Waals surface area (Å²) in [5.41, 5.74) is -0.573. The maximum atomic E-state index is 12.9. The molecule has 0 aromatic carbocycles. The van der Waals surface area contributed by atoms with Gasteiger partial charge in [-0.2, -0.15) is 8.42 Å². The van der Waals surface area contributed by atoms with Crippen molar-refractivity contribution in [1.29, 1.82) is 0 Å². The summed E-state index contributed by atoms with van der Waals surface area (Å²) in [6.45, 7) is 15.9. The smallest absolute Gasteiger partial charge is 0.267 e. The van der Waals surface area contributed by atoms with E-state index in [0.29, 0.717) is 25.2 Å². The standard InChI is InChI=1S/C56H94O25S/c1-22(2)11-10-16-56(9,68)34-13-12-29-28-20-32(31-19-27(82(69,70)71)14-17-54(31,7)30(28)15-18-55(29,34)8)77-51-45(67)47(38(60)26(6)75-51)80-53-48(81-50-43(65)41(63)36(58)24(4)74-50)39(61)33(21-72-53)78-52-44(66)46(37(59)25(5)76-52)79-49-42(64)40(62)35(57)23(3)73-49/h15,22-29,31-53,57-68H,10-14,16-21H2,1-9H3,(H,69,70,71)/t23-,24-,25-,26-,27+,28+,29+,31-,32+,33-,34+,35-,36-,37+,38-,39+,40+,41+,42-,43-,44-,45-,46+,47+,48-,49+,50+,51+,52+,53+,54-,55+,56+/m1/s1. The minimum atomic E-state index is -4.47. The number of allylic oxidation sites excluding steroid dienone is 2. The highest BCUT2D eigenvalue weighted by atomic mass is 32.2. The lowest BCUT2D eigenvalue weighted by molar-refractivity contribution is -0.394. The molecule has 0 aromatic rings. The normalized spacial score (nSPS) is 52.7. The topological polar surface area (TPSA) is 389 Å². The summed E-state index contributed by atoms with van der Waals surface area (Å²) in [6, 6.07) is 0. The van der Waals surface area contributed by atoms with Crippen LogP contribution in [0.3, 0.4) is 0 Å². The molecule has 0 unspecified atom stereocenters. The number of aliphatic hydroxyl groups is 12. The van der Waals surface area contributed by atoms with Crippen molar-refractivity contribution in [1.82, 2.24) is 0 Å². The molecule has 4 aliphatic carbocycles. The molecule has 5 saturated heterocycles. The first-order valence-electron chi connectivity index (χ1n) is 29.7. The number of hydrogen-bond donors (Lipinski definition) is 13. The van der Waals surface area contributed by atoms with Crippen LogP contribution in [0, 0.1) is 40.4 Å². The summed E-state index contributed by atoms with van der Waals surface area (Å²) in [5.74, 6) is 0.0988. The molecule has 3 saturated carbocycles. The zero-order valence-electron chi connectivity index (χ0n) is 48.4. The van der Waals surface area contributed by atoms with Crippen LogP contribution in [0.5, 0.6) is 0 Å². The Morgan fingerprint density at radius 2 is 1.09 bits per heavy atom. The molecule has 13 N–H and O–H groups in total. The number of aliphatic hydroxyl groups excluding tert-OH is 11. The Hall–Kier alpha value is -1.23. The summed E-state index contributed by atoms with van der Waals surface area (Å²) < 4.78 is 97.1. The summed E-state index contributed by atoms with van der Waals surface area (Å²) in [5, 5.41) is 134. The van der Waals surface area contributed by atoms with Gasteiger partial charge in [0.05, 0.1) is 48.0 Å². The van der Waals surface area contributed by atoms with Gasteiger partial charge >= 0.3 is 0 Å². The van der Waals surface area contributed by atoms with Gasteiger partial charge in [0.1, 0.15) is 91.6 Å². The van der Waals surface area contributed by atoms with Crippen LogP contribution < -0.4 is 0 Å². The molecule has 0 radical (unpaired) electrons. The number of hydrogen-bond acceptors (Lipinski definition) is 24. The molecule has 0 bridgehead atoms. The Bertz CT molecular complexity index is 2300. The van der Waals surface area contributed by atoms with Crippen molar-refractivity contribution in [2.75, 3.05) is 6.61 Å². The molecule has 0 amide bonds. The first-order chi connectivity index (χ1) is 38.3. The molecule has 9 rings (SSSR count). The molecular weight excluding hydrogens is 1100 g/mol. The molecule has 474 valence electrons. The van der Waals surface area contributed by atoms with Crippen LogP contribution in [-0.4, -0.2) is 245 Å². The van der Waals surface area contributed by atoms with E-state index in [4.69, 9.17) is 47.4 Å². The van der Waals surface area contributed by atoms with Gasteiger partial charge in [-0.05, 0) is 126 Å². The minimum absolute atomic E-state index is 0.00850. The summed E-state index contributed by atoms with van der Waals surface area (Å²) in [6.07, 6.45) is -30.9. The van der Waals surface area contributed by atoms with Crippen molar-refractivity contribution in [2.45, 2.75) is 291 Å². The molecular formula is C56H94O25S. The van der Waals surface area contributed by atoms with Crippen molar-refractivity contribution >= 4 is 10.1 Å². The molecule has 0 aromatic heterocycles. The Kier molecular flexibility index (Phi) is 19.9. The molecule has 26 heteroatoms. The van der Waals surface area contributed by atoms with Crippen LogP contribution in [0.1, 0.15) is 127 Å². The Balaban J connectivity index is 0.959. The zero-order chi connectivity index (χ0) is 60.0. The van der Waals surface area contributed by atoms with E-state index in [1.807, 2.05) is 6.92 Å². The van der Waals surface area contributed by atoms with E-state index in [-0.39, 0.29) is 36.0 Å². The maximum Gasteiger partial charge on any atom is 0.267 e. The van der Waals surface area contributed by atoms with Crippen molar-refractivity contribution < 1.29 is 122 Å². The molecule has 82 heavy (non-hydrogen) atoms. The molecule has 25 nitrogen and oxygen atoms in total. The van der Waals surface area contributed by atoms with Crippen molar-refractivity contribution in [2.24, 2.45) is 40.4 Å². The van der Waals surface area contributed by atoms with E-state index < -0.39 is 192 Å². The minimum Gasteiger partial charge on any atom is -0.390 e. The second-order valence-corrected chi connectivity index (χ2v) is 28.3. The highest BCUT2D eigenvalue weighted by Gasteiger charge is 2.64. The Morgan fingerprint density at radius 1 is 0.598 bits per heavy atom. The Morgan fingerprint density at radius 3 is 1.61 bits per heavy atom. The van der Waals surface area contributed by atoms with Gasteiger partial charge in [-0.15, -0.1) is 0 Å². The molecule has 9 aliphatic rings. The number of fused-ring (bicyclic) bond motifs is 5. The van der Waals surface area contributed by atoms with Gasteiger partial charge in [-0.1, -0.05) is 52.2 Å². The van der Waals surface area contributed by atoms with Gasteiger partial charge in [0.2, 0.25) is 0 Å². The average Bonchev–Trinajstić information content (AvgIpc) is 1.71. The third-order valence-electron chi connectivity index (χ3n) is 20.7. The Labute approximate surface area is 479 Å². The van der Waals surface area contributed by atoms with Crippen LogP contribution in [-0.2, 0) is 57.5 Å². The summed E-state index contributed by atoms with van der Waals surface area (Å²) >= 11 is 0. The van der Waals surface area contributed by atoms with Gasteiger partial charge in [0, 0.05) is 0 Å². The first-order valence-corrected chi connectivity index (χ1v) is 31.2. The van der Waals surface area contributed by atoms with Gasteiger partial charge < -0.3 is 109 Å². The van der Waals surface area contributed by atoms with Gasteiger partial charge in [0.15, 0.2) is 31.5 Å². The lowest BCUT2D eigenvalue weighted by Gasteiger charge is -2.60. The maximum absolute atomic E-state index is 12.9. The predicted octanol–water partition coefficient (Wildman–Crippen LogP) is -0.760. The quantitative estimate of drug-likeness (QED) is 0.0667. The third-order valence-corrected chi connectivity index (χ3v) is 22.0. The molecule has 8 fully saturated rings. The van der Waals surface area contributed by atoms with Gasteiger partial charge in [-0.3, -0.25) is 4.55 Å². The van der Waals surface area contributed by atoms with E-state index in [2.05, 4.69) is 33.8 Å². The largest absolute Gasteiger partial charge is 0.390 e. The third kappa shape index (κ3) is 12.4. The van der Waals surface area contributed by atoms with Crippen molar-refractivity contribution in [3.63, 3.8) is 0 Å². The van der Waals surface area contributed by atoms with E-state index in [1.54, 1.807) is 0 Å². The van der Waals surface area contributed by atoms with Crippen molar-refractivity contribution in [3.8, 4) is 0 Å². The highest BCUT2D eigenvalue weighted by Crippen LogP contribution is 2.67. The van der Waals surface area contributed by atoms with E-state index in [9.17, 15) is 74.2 Å². The highest BCUT2D eigenvalue weighted by molar-refractivity contribution is 7.86. The predicted molar refractivity (Wildman–Crippen MR) is 283 cm³/mol. The SMILES string of the molecule is CC(C)CCC[C@](C)(O)[C@H]1CC[C@H]2[C@@H]3C[C@H](O[C@@H]4O[C@H](C)[C@@H](O)[C@H](O[C@@H]5OC[C@@H](O[C@@H]6O[C@H](C)[C@H](O)[C@H](O[C@@H]7O[C@H](C)[C@@H](O)[C@H](O)[C@H]7O)[C@H]6O)[C@H](O)[C@H]5O[C@@H]5O[C@H](C)[C@@H](O)[C@H](O)[C@H]5O)[C@H]4O)[C@H]4C[C@@H](S(=O)(=O)O)CC[C@]4(C)C3=CC[C@@]21C. The monoisotopic (exact) mass is 1200 g/mol. The summed E-state index contributed by atoms with van der Waals surface area (Å²) in [4.78, 5) is 0. The average molecular weight is 1200 g/mol. The number of rotatable bonds is 16. The molecule has 33 atom stereocenters. The van der Waals surface area contributed by atoms with Gasteiger partial charge in [0.25, 0.3) is 10.1 Å². The fraction of sp³-hybridized carbons (Fsp3) is 0.964.